The minimum atomic E-state index is 0.492. The van der Waals surface area contributed by atoms with E-state index in [1.807, 2.05) is 78.2 Å². The Morgan fingerprint density at radius 2 is 1.62 bits per heavy atom. The summed E-state index contributed by atoms with van der Waals surface area (Å²) < 4.78 is 5.86. The highest BCUT2D eigenvalue weighted by molar-refractivity contribution is 7.11. The lowest BCUT2D eigenvalue weighted by Gasteiger charge is -1.96. The highest BCUT2D eigenvalue weighted by atomic mass is 32.1. The second kappa shape index (κ2) is 7.22. The van der Waals surface area contributed by atoms with Crippen LogP contribution in [0.25, 0.3) is 34.2 Å². The van der Waals surface area contributed by atoms with Gasteiger partial charge in [-0.15, -0.1) is 11.3 Å². The van der Waals surface area contributed by atoms with Crippen LogP contribution in [0.1, 0.15) is 10.8 Å². The minimum absolute atomic E-state index is 0.492. The molecule has 2 aromatic carbocycles. The molecule has 4 rings (SSSR count). The Balaban J connectivity index is 1.63. The molecule has 0 aliphatic carbocycles. The zero-order valence-electron chi connectivity index (χ0n) is 13.8. The van der Waals surface area contributed by atoms with Crippen molar-refractivity contribution in [1.82, 2.24) is 4.98 Å². The molecule has 0 bridgehead atoms. The average Bonchev–Trinajstić information content (AvgIpc) is 3.37. The first-order chi connectivity index (χ1) is 12.8. The first-order valence-corrected chi connectivity index (χ1v) is 9.00. The summed E-state index contributed by atoms with van der Waals surface area (Å²) in [6.45, 7) is 0. The summed E-state index contributed by atoms with van der Waals surface area (Å²) in [4.78, 5) is 4.60. The van der Waals surface area contributed by atoms with Crippen LogP contribution in [0.4, 0.5) is 0 Å². The van der Waals surface area contributed by atoms with Crippen LogP contribution in [0.15, 0.2) is 82.6 Å². The van der Waals surface area contributed by atoms with Gasteiger partial charge in [-0.05, 0) is 12.1 Å². The second-order valence-corrected chi connectivity index (χ2v) is 6.50. The van der Waals surface area contributed by atoms with Crippen molar-refractivity contribution in [2.45, 2.75) is 0 Å². The Morgan fingerprint density at radius 1 is 0.923 bits per heavy atom. The molecule has 0 spiro atoms. The Hall–Kier alpha value is -3.42. The molecule has 0 aliphatic rings. The van der Waals surface area contributed by atoms with E-state index < -0.39 is 0 Å². The second-order valence-electron chi connectivity index (χ2n) is 5.64. The Morgan fingerprint density at radius 3 is 2.31 bits per heavy atom. The number of nitrogens with zero attached hydrogens (tertiary/aromatic N) is 2. The third-order valence-corrected chi connectivity index (χ3v) is 4.77. The van der Waals surface area contributed by atoms with Crippen molar-refractivity contribution in [2.24, 2.45) is 0 Å². The van der Waals surface area contributed by atoms with Gasteiger partial charge in [0.15, 0.2) is 0 Å². The van der Waals surface area contributed by atoms with Gasteiger partial charge in [-0.1, -0.05) is 60.7 Å². The molecule has 2 heterocycles. The highest BCUT2D eigenvalue weighted by Gasteiger charge is 2.10. The fourth-order valence-corrected chi connectivity index (χ4v) is 3.41. The highest BCUT2D eigenvalue weighted by Crippen LogP contribution is 2.28. The van der Waals surface area contributed by atoms with Crippen LogP contribution in [-0.4, -0.2) is 4.98 Å². The van der Waals surface area contributed by atoms with Gasteiger partial charge in [-0.25, -0.2) is 4.98 Å². The van der Waals surface area contributed by atoms with Gasteiger partial charge in [-0.2, -0.15) is 5.26 Å². The number of benzene rings is 2. The zero-order valence-corrected chi connectivity index (χ0v) is 14.6. The molecule has 0 saturated heterocycles. The predicted molar refractivity (Wildman–Crippen MR) is 105 cm³/mol. The quantitative estimate of drug-likeness (QED) is 0.414. The molecule has 0 amide bonds. The van der Waals surface area contributed by atoms with E-state index in [-0.39, 0.29) is 0 Å². The van der Waals surface area contributed by atoms with E-state index in [9.17, 15) is 5.26 Å². The standard InChI is InChI=1S/C22H14N2OS/c23-14-18(22-24-20(15-26-22)16-7-3-1-4-8-16)13-19-11-12-21(25-19)17-9-5-2-6-10-17/h1-13,15H. The summed E-state index contributed by atoms with van der Waals surface area (Å²) in [6.07, 6.45) is 1.74. The summed E-state index contributed by atoms with van der Waals surface area (Å²) in [5.74, 6) is 1.41. The predicted octanol–water partition coefficient (Wildman–Crippen LogP) is 6.13. The van der Waals surface area contributed by atoms with Gasteiger partial charge in [0, 0.05) is 22.6 Å². The van der Waals surface area contributed by atoms with E-state index in [0.717, 1.165) is 22.6 Å². The molecular formula is C22H14N2OS. The van der Waals surface area contributed by atoms with Crippen LogP contribution in [0, 0.1) is 11.3 Å². The van der Waals surface area contributed by atoms with E-state index in [1.165, 1.54) is 11.3 Å². The van der Waals surface area contributed by atoms with Crippen LogP contribution in [-0.2, 0) is 0 Å². The molecule has 0 fully saturated rings. The summed E-state index contributed by atoms with van der Waals surface area (Å²) in [5.41, 5.74) is 3.41. The van der Waals surface area contributed by atoms with Gasteiger partial charge in [0.25, 0.3) is 0 Å². The summed E-state index contributed by atoms with van der Waals surface area (Å²) in [7, 11) is 0. The van der Waals surface area contributed by atoms with Gasteiger partial charge >= 0.3 is 0 Å². The van der Waals surface area contributed by atoms with E-state index in [4.69, 9.17) is 4.42 Å². The molecule has 0 N–H and O–H groups in total. The number of allylic oxidation sites excluding steroid dienone is 1. The molecule has 4 heteroatoms. The van der Waals surface area contributed by atoms with Crippen LogP contribution in [0.3, 0.4) is 0 Å². The van der Waals surface area contributed by atoms with Crippen molar-refractivity contribution in [3.8, 4) is 28.7 Å². The topological polar surface area (TPSA) is 49.8 Å². The van der Waals surface area contributed by atoms with Crippen molar-refractivity contribution in [3.05, 3.63) is 88.9 Å². The number of furan rings is 1. The molecule has 0 saturated carbocycles. The van der Waals surface area contributed by atoms with Crippen LogP contribution >= 0.6 is 11.3 Å². The number of rotatable bonds is 4. The lowest BCUT2D eigenvalue weighted by Crippen LogP contribution is -1.82. The van der Waals surface area contributed by atoms with E-state index in [2.05, 4.69) is 11.1 Å². The first kappa shape index (κ1) is 16.1. The van der Waals surface area contributed by atoms with Crippen molar-refractivity contribution in [3.63, 3.8) is 0 Å². The molecule has 0 unspecified atom stereocenters. The monoisotopic (exact) mass is 354 g/mol. The number of nitriles is 1. The van der Waals surface area contributed by atoms with Gasteiger partial charge in [-0.3, -0.25) is 0 Å². The van der Waals surface area contributed by atoms with Crippen LogP contribution in [0.5, 0.6) is 0 Å². The number of hydrogen-bond acceptors (Lipinski definition) is 4. The van der Waals surface area contributed by atoms with Crippen molar-refractivity contribution < 1.29 is 4.42 Å². The Kier molecular flexibility index (Phi) is 4.46. The lowest BCUT2D eigenvalue weighted by molar-refractivity contribution is 0.572. The summed E-state index contributed by atoms with van der Waals surface area (Å²) in [6, 6.07) is 25.8. The summed E-state index contributed by atoms with van der Waals surface area (Å²) >= 11 is 1.46. The fourth-order valence-electron chi connectivity index (χ4n) is 2.61. The third kappa shape index (κ3) is 3.34. The maximum Gasteiger partial charge on any atom is 0.134 e. The van der Waals surface area contributed by atoms with E-state index >= 15 is 0 Å². The van der Waals surface area contributed by atoms with Gasteiger partial charge < -0.3 is 4.42 Å². The molecule has 0 radical (unpaired) electrons. The molecule has 2 aromatic heterocycles. The SMILES string of the molecule is N#CC(=Cc1ccc(-c2ccccc2)o1)c1nc(-c2ccccc2)cs1. The minimum Gasteiger partial charge on any atom is -0.457 e. The van der Waals surface area contributed by atoms with E-state index in [1.54, 1.807) is 6.08 Å². The zero-order chi connectivity index (χ0) is 17.8. The van der Waals surface area contributed by atoms with E-state index in [0.29, 0.717) is 16.3 Å². The Labute approximate surface area is 155 Å². The Bertz CT molecular complexity index is 1090. The maximum atomic E-state index is 9.55. The number of aromatic nitrogens is 1. The van der Waals surface area contributed by atoms with Gasteiger partial charge in [0.05, 0.1) is 11.3 Å². The van der Waals surface area contributed by atoms with Crippen LogP contribution in [0.2, 0.25) is 0 Å². The van der Waals surface area contributed by atoms with Crippen molar-refractivity contribution in [1.29, 1.82) is 5.26 Å². The van der Waals surface area contributed by atoms with Crippen LogP contribution < -0.4 is 0 Å². The maximum absolute atomic E-state index is 9.55. The molecule has 3 nitrogen and oxygen atoms in total. The molecular weight excluding hydrogens is 340 g/mol. The molecule has 4 aromatic rings. The third-order valence-electron chi connectivity index (χ3n) is 3.90. The molecule has 26 heavy (non-hydrogen) atoms. The number of hydrogen-bond donors (Lipinski definition) is 0. The first-order valence-electron chi connectivity index (χ1n) is 8.12. The molecule has 124 valence electrons. The fraction of sp³-hybridized carbons (Fsp3) is 0. The molecule has 0 aliphatic heterocycles. The van der Waals surface area contributed by atoms with Gasteiger partial charge in [0.2, 0.25) is 0 Å². The van der Waals surface area contributed by atoms with Crippen molar-refractivity contribution in [2.75, 3.05) is 0 Å². The largest absolute Gasteiger partial charge is 0.457 e. The average molecular weight is 354 g/mol. The smallest absolute Gasteiger partial charge is 0.134 e. The lowest BCUT2D eigenvalue weighted by atomic mass is 10.2. The molecule has 0 atom stereocenters. The number of thiazole rings is 1. The normalized spacial score (nSPS) is 11.3. The summed E-state index contributed by atoms with van der Waals surface area (Å²) in [5, 5.41) is 12.2. The van der Waals surface area contributed by atoms with Gasteiger partial charge in [0.1, 0.15) is 22.6 Å². The van der Waals surface area contributed by atoms with Crippen molar-refractivity contribution >= 4 is 23.0 Å².